The van der Waals surface area contributed by atoms with Crippen LogP contribution in [0, 0.1) is 11.3 Å². The molecule has 2 heteroatoms. The van der Waals surface area contributed by atoms with Gasteiger partial charge in [0.1, 0.15) is 0 Å². The highest BCUT2D eigenvalue weighted by Crippen LogP contribution is 2.14. The molecule has 0 radical (unpaired) electrons. The number of likely N-dealkylation sites (N-methyl/N-ethyl adjacent to an activating group) is 1. The van der Waals surface area contributed by atoms with Crippen LogP contribution < -0.4 is 0 Å². The average Bonchev–Trinajstić information content (AvgIpc) is 2.15. The Balaban J connectivity index is 2.75. The van der Waals surface area contributed by atoms with E-state index in [2.05, 4.69) is 6.07 Å². The Morgan fingerprint density at radius 3 is 2.38 bits per heavy atom. The van der Waals surface area contributed by atoms with Crippen LogP contribution >= 0.6 is 0 Å². The molecule has 0 saturated carbocycles. The van der Waals surface area contributed by atoms with E-state index in [1.54, 1.807) is 0 Å². The van der Waals surface area contributed by atoms with Gasteiger partial charge < -0.3 is 4.90 Å². The van der Waals surface area contributed by atoms with E-state index in [1.165, 1.54) is 0 Å². The summed E-state index contributed by atoms with van der Waals surface area (Å²) in [4.78, 5) is 2.03. The van der Waals surface area contributed by atoms with E-state index in [-0.39, 0.29) is 5.92 Å². The first-order valence-electron chi connectivity index (χ1n) is 4.33. The van der Waals surface area contributed by atoms with Crippen molar-refractivity contribution in [1.29, 1.82) is 5.26 Å². The fourth-order valence-corrected chi connectivity index (χ4v) is 1.27. The van der Waals surface area contributed by atoms with Gasteiger partial charge in [-0.25, -0.2) is 0 Å². The normalized spacial score (nSPS) is 12.5. The van der Waals surface area contributed by atoms with Gasteiger partial charge in [-0.3, -0.25) is 0 Å². The molecule has 0 N–H and O–H groups in total. The van der Waals surface area contributed by atoms with Crippen LogP contribution in [0.2, 0.25) is 0 Å². The monoisotopic (exact) mass is 174 g/mol. The summed E-state index contributed by atoms with van der Waals surface area (Å²) in [6, 6.07) is 12.2. The van der Waals surface area contributed by atoms with Crippen molar-refractivity contribution in [3.05, 3.63) is 35.9 Å². The summed E-state index contributed by atoms with van der Waals surface area (Å²) < 4.78 is 0. The van der Waals surface area contributed by atoms with E-state index in [0.717, 1.165) is 12.1 Å². The van der Waals surface area contributed by atoms with Crippen LogP contribution in [-0.4, -0.2) is 25.5 Å². The topological polar surface area (TPSA) is 27.0 Å². The lowest BCUT2D eigenvalue weighted by molar-refractivity contribution is 0.398. The van der Waals surface area contributed by atoms with Crippen LogP contribution in [0.3, 0.4) is 0 Å². The quantitative estimate of drug-likeness (QED) is 0.699. The van der Waals surface area contributed by atoms with Gasteiger partial charge in [0.2, 0.25) is 0 Å². The van der Waals surface area contributed by atoms with Crippen LogP contribution in [0.25, 0.3) is 0 Å². The Bertz CT molecular complexity index is 285. The minimum atomic E-state index is -0.0174. The van der Waals surface area contributed by atoms with Crippen LogP contribution in [0.4, 0.5) is 0 Å². The van der Waals surface area contributed by atoms with Crippen molar-refractivity contribution in [2.75, 3.05) is 20.6 Å². The second-order valence-electron chi connectivity index (χ2n) is 3.35. The molecule has 0 amide bonds. The molecule has 1 rings (SSSR count). The summed E-state index contributed by atoms with van der Waals surface area (Å²) in [5, 5.41) is 8.95. The van der Waals surface area contributed by atoms with E-state index in [1.807, 2.05) is 49.3 Å². The van der Waals surface area contributed by atoms with Crippen LogP contribution in [0.1, 0.15) is 11.5 Å². The summed E-state index contributed by atoms with van der Waals surface area (Å²) in [7, 11) is 3.96. The van der Waals surface area contributed by atoms with Crippen molar-refractivity contribution < 1.29 is 0 Å². The van der Waals surface area contributed by atoms with Gasteiger partial charge in [0.05, 0.1) is 12.0 Å². The van der Waals surface area contributed by atoms with E-state index in [0.29, 0.717) is 0 Å². The minimum absolute atomic E-state index is 0.0174. The summed E-state index contributed by atoms with van der Waals surface area (Å²) >= 11 is 0. The predicted molar refractivity (Wildman–Crippen MR) is 53.4 cm³/mol. The van der Waals surface area contributed by atoms with Gasteiger partial charge in [-0.15, -0.1) is 0 Å². The molecular weight excluding hydrogens is 160 g/mol. The number of benzene rings is 1. The second-order valence-corrected chi connectivity index (χ2v) is 3.35. The molecule has 1 aromatic rings. The van der Waals surface area contributed by atoms with E-state index >= 15 is 0 Å². The lowest BCUT2D eigenvalue weighted by Crippen LogP contribution is -2.19. The Morgan fingerprint density at radius 2 is 1.92 bits per heavy atom. The molecule has 0 aliphatic heterocycles. The molecule has 0 aliphatic carbocycles. The van der Waals surface area contributed by atoms with Gasteiger partial charge in [-0.2, -0.15) is 5.26 Å². The molecule has 0 spiro atoms. The standard InChI is InChI=1S/C11H14N2/c1-13(2)9-11(8-12)10-6-4-3-5-7-10/h3-7,11H,9H2,1-2H3/t11-/m1/s1. The molecule has 0 saturated heterocycles. The molecule has 0 heterocycles. The Kier molecular flexibility index (Phi) is 3.48. The zero-order valence-electron chi connectivity index (χ0n) is 8.07. The van der Waals surface area contributed by atoms with Gasteiger partial charge >= 0.3 is 0 Å². The highest BCUT2D eigenvalue weighted by atomic mass is 15.1. The summed E-state index contributed by atoms with van der Waals surface area (Å²) in [6.45, 7) is 0.778. The highest BCUT2D eigenvalue weighted by Gasteiger charge is 2.10. The van der Waals surface area contributed by atoms with Gasteiger partial charge in [-0.1, -0.05) is 30.3 Å². The maximum atomic E-state index is 8.95. The predicted octanol–water partition coefficient (Wildman–Crippen LogP) is 1.86. The average molecular weight is 174 g/mol. The van der Waals surface area contributed by atoms with Gasteiger partial charge in [0, 0.05) is 6.54 Å². The molecule has 0 fully saturated rings. The van der Waals surface area contributed by atoms with Crippen LogP contribution in [0.15, 0.2) is 30.3 Å². The molecule has 0 unspecified atom stereocenters. The lowest BCUT2D eigenvalue weighted by atomic mass is 10.0. The zero-order valence-corrected chi connectivity index (χ0v) is 8.07. The van der Waals surface area contributed by atoms with Crippen molar-refractivity contribution in [3.8, 4) is 6.07 Å². The van der Waals surface area contributed by atoms with Gasteiger partial charge in [-0.05, 0) is 19.7 Å². The fraction of sp³-hybridized carbons (Fsp3) is 0.364. The molecule has 0 bridgehead atoms. The Labute approximate surface area is 79.4 Å². The first-order chi connectivity index (χ1) is 6.24. The third kappa shape index (κ3) is 2.89. The molecule has 1 atom stereocenters. The summed E-state index contributed by atoms with van der Waals surface area (Å²) in [5.74, 6) is -0.0174. The lowest BCUT2D eigenvalue weighted by Gasteiger charge is -2.14. The van der Waals surface area contributed by atoms with Crippen LogP contribution in [0.5, 0.6) is 0 Å². The van der Waals surface area contributed by atoms with Crippen molar-refractivity contribution in [2.45, 2.75) is 5.92 Å². The molecular formula is C11H14N2. The Hall–Kier alpha value is -1.33. The SMILES string of the molecule is CN(C)C[C@@H](C#N)c1ccccc1. The zero-order chi connectivity index (χ0) is 9.68. The molecule has 1 aromatic carbocycles. The Morgan fingerprint density at radius 1 is 1.31 bits per heavy atom. The fourth-order valence-electron chi connectivity index (χ4n) is 1.27. The van der Waals surface area contributed by atoms with Crippen molar-refractivity contribution in [2.24, 2.45) is 0 Å². The third-order valence-corrected chi connectivity index (χ3v) is 1.91. The molecule has 68 valence electrons. The highest BCUT2D eigenvalue weighted by molar-refractivity contribution is 5.24. The minimum Gasteiger partial charge on any atom is -0.308 e. The number of hydrogen-bond donors (Lipinski definition) is 0. The summed E-state index contributed by atoms with van der Waals surface area (Å²) in [5.41, 5.74) is 1.10. The number of nitriles is 1. The maximum absolute atomic E-state index is 8.95. The first kappa shape index (κ1) is 9.76. The summed E-state index contributed by atoms with van der Waals surface area (Å²) in [6.07, 6.45) is 0. The second kappa shape index (κ2) is 4.64. The van der Waals surface area contributed by atoms with Crippen molar-refractivity contribution in [3.63, 3.8) is 0 Å². The smallest absolute Gasteiger partial charge is 0.0839 e. The third-order valence-electron chi connectivity index (χ3n) is 1.91. The molecule has 13 heavy (non-hydrogen) atoms. The molecule has 0 aromatic heterocycles. The molecule has 2 nitrogen and oxygen atoms in total. The number of hydrogen-bond acceptors (Lipinski definition) is 2. The largest absolute Gasteiger partial charge is 0.308 e. The first-order valence-corrected chi connectivity index (χ1v) is 4.33. The maximum Gasteiger partial charge on any atom is 0.0839 e. The van der Waals surface area contributed by atoms with E-state index in [9.17, 15) is 0 Å². The number of nitrogens with zero attached hydrogens (tertiary/aromatic N) is 2. The molecule has 0 aliphatic rings. The van der Waals surface area contributed by atoms with Crippen molar-refractivity contribution >= 4 is 0 Å². The van der Waals surface area contributed by atoms with Gasteiger partial charge in [0.15, 0.2) is 0 Å². The number of rotatable bonds is 3. The van der Waals surface area contributed by atoms with E-state index < -0.39 is 0 Å². The van der Waals surface area contributed by atoms with Crippen molar-refractivity contribution in [1.82, 2.24) is 4.90 Å². The van der Waals surface area contributed by atoms with Crippen LogP contribution in [-0.2, 0) is 0 Å². The van der Waals surface area contributed by atoms with Gasteiger partial charge in [0.25, 0.3) is 0 Å². The van der Waals surface area contributed by atoms with E-state index in [4.69, 9.17) is 5.26 Å².